The fraction of sp³-hybridized carbons (Fsp3) is 0.423. The molecule has 1 N–H and O–H groups in total. The van der Waals surface area contributed by atoms with E-state index in [0.29, 0.717) is 6.61 Å². The van der Waals surface area contributed by atoms with Gasteiger partial charge in [-0.3, -0.25) is 0 Å². The molecule has 0 spiro atoms. The van der Waals surface area contributed by atoms with E-state index in [-0.39, 0.29) is 5.60 Å². The van der Waals surface area contributed by atoms with Gasteiger partial charge in [-0.2, -0.15) is 0 Å². The molecule has 0 atom stereocenters. The molecule has 0 unspecified atom stereocenters. The first-order valence-corrected chi connectivity index (χ1v) is 13.9. The third kappa shape index (κ3) is 3.82. The molecule has 6 nitrogen and oxygen atoms in total. The quantitative estimate of drug-likeness (QED) is 0.342. The Kier molecular flexibility index (Phi) is 5.62. The molecule has 0 radical (unpaired) electrons. The van der Waals surface area contributed by atoms with Crippen molar-refractivity contribution < 1.29 is 4.74 Å². The Bertz CT molecular complexity index is 1380. The zero-order valence-corrected chi connectivity index (χ0v) is 21.5. The van der Waals surface area contributed by atoms with Gasteiger partial charge in [-0.15, -0.1) is 23.1 Å². The monoisotopic (exact) mass is 491 g/mol. The van der Waals surface area contributed by atoms with Gasteiger partial charge in [0.25, 0.3) is 0 Å². The number of thiophene rings is 1. The summed E-state index contributed by atoms with van der Waals surface area (Å²) >= 11 is 3.48. The number of hydrogen-bond acceptors (Lipinski definition) is 8. The van der Waals surface area contributed by atoms with Crippen molar-refractivity contribution in [3.8, 4) is 0 Å². The maximum Gasteiger partial charge on any atom is 0.147 e. The van der Waals surface area contributed by atoms with Crippen molar-refractivity contribution in [2.24, 2.45) is 0 Å². The highest BCUT2D eigenvalue weighted by atomic mass is 32.2. The number of nitrogens with zero attached hydrogens (tertiary/aromatic N) is 4. The molecule has 0 amide bonds. The lowest BCUT2D eigenvalue weighted by molar-refractivity contribution is -0.0395. The predicted octanol–water partition coefficient (Wildman–Crippen LogP) is 6.03. The van der Waals surface area contributed by atoms with Crippen LogP contribution in [0.25, 0.3) is 20.4 Å². The van der Waals surface area contributed by atoms with Crippen LogP contribution in [0.3, 0.4) is 0 Å². The molecule has 0 bridgehead atoms. The van der Waals surface area contributed by atoms with Crippen LogP contribution in [-0.2, 0) is 24.3 Å². The summed E-state index contributed by atoms with van der Waals surface area (Å²) in [5.74, 6) is 1.99. The van der Waals surface area contributed by atoms with Crippen LogP contribution in [0, 0.1) is 0 Å². The van der Waals surface area contributed by atoms with Gasteiger partial charge in [0.05, 0.1) is 22.4 Å². The summed E-state index contributed by atoms with van der Waals surface area (Å²) in [6, 6.07) is 8.51. The van der Waals surface area contributed by atoms with Crippen molar-refractivity contribution in [2.45, 2.75) is 56.8 Å². The van der Waals surface area contributed by atoms with Crippen LogP contribution in [-0.4, -0.2) is 39.9 Å². The van der Waals surface area contributed by atoms with E-state index in [0.717, 1.165) is 52.7 Å². The van der Waals surface area contributed by atoms with Crippen LogP contribution in [0.1, 0.15) is 43.4 Å². The van der Waals surface area contributed by atoms with Crippen molar-refractivity contribution in [3.05, 3.63) is 47.3 Å². The summed E-state index contributed by atoms with van der Waals surface area (Å²) < 4.78 is 7.33. The number of fused-ring (bicyclic) bond motifs is 5. The van der Waals surface area contributed by atoms with Gasteiger partial charge in [-0.25, -0.2) is 15.0 Å². The number of aromatic nitrogens is 3. The summed E-state index contributed by atoms with van der Waals surface area (Å²) in [6.45, 7) is 7.83. The van der Waals surface area contributed by atoms with Gasteiger partial charge in [-0.1, -0.05) is 18.2 Å². The highest BCUT2D eigenvalue weighted by Crippen LogP contribution is 2.44. The van der Waals surface area contributed by atoms with Crippen LogP contribution < -0.4 is 10.2 Å². The second-order valence-electron chi connectivity index (χ2n) is 9.66. The lowest BCUT2D eigenvalue weighted by Gasteiger charge is -2.34. The number of rotatable bonds is 5. The van der Waals surface area contributed by atoms with E-state index >= 15 is 0 Å². The first kappa shape index (κ1) is 22.1. The van der Waals surface area contributed by atoms with Gasteiger partial charge in [-0.05, 0) is 50.1 Å². The molecule has 0 aliphatic carbocycles. The van der Waals surface area contributed by atoms with Crippen molar-refractivity contribution in [3.63, 3.8) is 0 Å². The predicted molar refractivity (Wildman–Crippen MR) is 142 cm³/mol. The summed E-state index contributed by atoms with van der Waals surface area (Å²) in [4.78, 5) is 19.4. The van der Waals surface area contributed by atoms with Crippen molar-refractivity contribution in [1.82, 2.24) is 15.0 Å². The van der Waals surface area contributed by atoms with Gasteiger partial charge >= 0.3 is 0 Å². The van der Waals surface area contributed by atoms with E-state index in [9.17, 15) is 0 Å². The molecule has 0 saturated carbocycles. The molecule has 176 valence electrons. The molecule has 5 heterocycles. The fourth-order valence-electron chi connectivity index (χ4n) is 5.13. The molecule has 2 aliphatic rings. The van der Waals surface area contributed by atoms with E-state index in [2.05, 4.69) is 59.6 Å². The molecule has 1 aromatic carbocycles. The normalized spacial score (nSPS) is 17.4. The molecule has 8 heteroatoms. The fourth-order valence-corrected chi connectivity index (χ4v) is 6.87. The van der Waals surface area contributed by atoms with Crippen molar-refractivity contribution >= 4 is 55.2 Å². The van der Waals surface area contributed by atoms with Gasteiger partial charge < -0.3 is 15.0 Å². The summed E-state index contributed by atoms with van der Waals surface area (Å²) in [6.07, 6.45) is 7.12. The minimum Gasteiger partial charge on any atom is -0.370 e. The molecule has 34 heavy (non-hydrogen) atoms. The molecular formula is C26H29N5OS2. The molecule has 2 aliphatic heterocycles. The van der Waals surface area contributed by atoms with Gasteiger partial charge in [0.2, 0.25) is 0 Å². The maximum atomic E-state index is 6.25. The van der Waals surface area contributed by atoms with E-state index in [1.165, 1.54) is 39.8 Å². The number of anilines is 2. The highest BCUT2D eigenvalue weighted by Gasteiger charge is 2.33. The van der Waals surface area contributed by atoms with E-state index in [1.54, 1.807) is 29.4 Å². The van der Waals surface area contributed by atoms with Crippen LogP contribution in [0.5, 0.6) is 0 Å². The van der Waals surface area contributed by atoms with E-state index < -0.39 is 0 Å². The number of pyridine rings is 1. The van der Waals surface area contributed by atoms with Crippen LogP contribution in [0.15, 0.2) is 35.5 Å². The third-order valence-corrected chi connectivity index (χ3v) is 8.77. The molecule has 3 aromatic heterocycles. The smallest absolute Gasteiger partial charge is 0.147 e. The lowest BCUT2D eigenvalue weighted by atomic mass is 9.90. The molecule has 4 aromatic rings. The molecule has 1 saturated heterocycles. The number of benzene rings is 1. The summed E-state index contributed by atoms with van der Waals surface area (Å²) in [5, 5.41) is 4.77. The minimum absolute atomic E-state index is 0.201. The lowest BCUT2D eigenvalue weighted by Crippen LogP contribution is -2.33. The molecule has 6 rings (SSSR count). The van der Waals surface area contributed by atoms with Gasteiger partial charge in [0.1, 0.15) is 22.8 Å². The summed E-state index contributed by atoms with van der Waals surface area (Å²) in [7, 11) is 0. The highest BCUT2D eigenvalue weighted by molar-refractivity contribution is 7.98. The number of thioether (sulfide) groups is 1. The second-order valence-corrected chi connectivity index (χ2v) is 11.5. The maximum absolute atomic E-state index is 6.25. The first-order valence-electron chi connectivity index (χ1n) is 11.9. The zero-order chi connectivity index (χ0) is 23.3. The third-order valence-electron chi connectivity index (χ3n) is 6.85. The Morgan fingerprint density at radius 2 is 1.97 bits per heavy atom. The van der Waals surface area contributed by atoms with Crippen molar-refractivity contribution in [1.29, 1.82) is 0 Å². The largest absolute Gasteiger partial charge is 0.370 e. The second kappa shape index (κ2) is 8.66. The Morgan fingerprint density at radius 1 is 1.15 bits per heavy atom. The van der Waals surface area contributed by atoms with Crippen LogP contribution in [0.4, 0.5) is 11.6 Å². The average molecular weight is 492 g/mol. The molecule has 1 fully saturated rings. The Balaban J connectivity index is 1.48. The first-order chi connectivity index (χ1) is 16.5. The zero-order valence-electron chi connectivity index (χ0n) is 19.9. The summed E-state index contributed by atoms with van der Waals surface area (Å²) in [5.41, 5.74) is 4.67. The Labute approximate surface area is 208 Å². The SMILES string of the molecule is CSc1ccccc1CNc1ncnc2c1sc1nc(N3CCCC3)c3c(c12)CC(C)(C)OC3. The number of ether oxygens (including phenoxy) is 1. The standard InChI is InChI=1S/C26H29N5OS2/c1-26(2)12-17-18(14-32-26)24(31-10-6-7-11-31)30-25-20(17)21-22(34-25)23(29-15-28-21)27-13-16-8-4-5-9-19(16)33-3/h4-5,8-9,15H,6-7,10-14H2,1-3H3,(H,27,28,29). The number of nitrogens with one attached hydrogen (secondary N) is 1. The minimum atomic E-state index is -0.201. The Morgan fingerprint density at radius 3 is 2.79 bits per heavy atom. The Hall–Kier alpha value is -2.42. The van der Waals surface area contributed by atoms with Gasteiger partial charge in [0.15, 0.2) is 0 Å². The van der Waals surface area contributed by atoms with E-state index in [4.69, 9.17) is 14.7 Å². The molecular weight excluding hydrogens is 462 g/mol. The van der Waals surface area contributed by atoms with Crippen LogP contribution in [0.2, 0.25) is 0 Å². The topological polar surface area (TPSA) is 63.2 Å². The van der Waals surface area contributed by atoms with Gasteiger partial charge in [0, 0.05) is 41.9 Å². The number of hydrogen-bond donors (Lipinski definition) is 1. The van der Waals surface area contributed by atoms with Crippen LogP contribution >= 0.6 is 23.1 Å². The van der Waals surface area contributed by atoms with E-state index in [1.807, 2.05) is 0 Å². The average Bonchev–Trinajstić information content (AvgIpc) is 3.50. The van der Waals surface area contributed by atoms with Crippen molar-refractivity contribution in [2.75, 3.05) is 29.6 Å².